The highest BCUT2D eigenvalue weighted by molar-refractivity contribution is 9.10. The largest absolute Gasteiger partial charge is 0.443 e. The van der Waals surface area contributed by atoms with Gasteiger partial charge >= 0.3 is 6.09 Å². The number of carbonyl (C=O) groups is 1. The van der Waals surface area contributed by atoms with Crippen LogP contribution in [0.5, 0.6) is 0 Å². The third-order valence-electron chi connectivity index (χ3n) is 2.68. The molecule has 2 N–H and O–H groups in total. The summed E-state index contributed by atoms with van der Waals surface area (Å²) in [5, 5.41) is 0.899. The van der Waals surface area contributed by atoms with Gasteiger partial charge in [0.15, 0.2) is 0 Å². The van der Waals surface area contributed by atoms with Crippen molar-refractivity contribution in [2.45, 2.75) is 33.0 Å². The van der Waals surface area contributed by atoms with E-state index in [9.17, 15) is 4.79 Å². The van der Waals surface area contributed by atoms with Crippen LogP contribution in [0.4, 0.5) is 4.79 Å². The molecule has 0 fully saturated rings. The number of benzene rings is 1. The Hall–Kier alpha value is -1.37. The van der Waals surface area contributed by atoms with Gasteiger partial charge in [0.25, 0.3) is 0 Å². The van der Waals surface area contributed by atoms with E-state index in [0.717, 1.165) is 20.9 Å². The summed E-state index contributed by atoms with van der Waals surface area (Å²) >= 11 is 3.42. The fourth-order valence-electron chi connectivity index (χ4n) is 1.94. The van der Waals surface area contributed by atoms with Crippen molar-refractivity contribution in [1.29, 1.82) is 0 Å². The summed E-state index contributed by atoms with van der Waals surface area (Å²) in [4.78, 5) is 16.9. The molecular formula is C14H17BrN2O3. The number of nitrogens with zero attached hydrogens (tertiary/aromatic N) is 1. The van der Waals surface area contributed by atoms with Crippen LogP contribution in [0.15, 0.2) is 28.9 Å². The van der Waals surface area contributed by atoms with Crippen molar-refractivity contribution in [3.05, 3.63) is 34.4 Å². The third kappa shape index (κ3) is 3.20. The van der Waals surface area contributed by atoms with Gasteiger partial charge in [-0.3, -0.25) is 9.40 Å². The van der Waals surface area contributed by atoms with Crippen LogP contribution in [0.3, 0.4) is 0 Å². The van der Waals surface area contributed by atoms with E-state index in [0.29, 0.717) is 0 Å². The van der Waals surface area contributed by atoms with Crippen molar-refractivity contribution in [1.82, 2.24) is 4.57 Å². The molecule has 0 aliphatic carbocycles. The minimum atomic E-state index is -0.548. The Morgan fingerprint density at radius 1 is 1.40 bits per heavy atom. The van der Waals surface area contributed by atoms with E-state index in [2.05, 4.69) is 20.8 Å². The first-order chi connectivity index (χ1) is 9.31. The first-order valence-corrected chi connectivity index (χ1v) is 6.95. The molecule has 1 heterocycles. The van der Waals surface area contributed by atoms with Gasteiger partial charge < -0.3 is 4.74 Å². The quantitative estimate of drug-likeness (QED) is 0.848. The fraction of sp³-hybridized carbons (Fsp3) is 0.357. The minimum absolute atomic E-state index is 0.225. The van der Waals surface area contributed by atoms with Gasteiger partial charge in [-0.1, -0.05) is 15.9 Å². The first-order valence-electron chi connectivity index (χ1n) is 6.16. The zero-order valence-electron chi connectivity index (χ0n) is 11.6. The lowest BCUT2D eigenvalue weighted by atomic mass is 10.2. The molecule has 0 amide bonds. The number of aromatic nitrogens is 1. The normalized spacial score (nSPS) is 11.8. The lowest BCUT2D eigenvalue weighted by Crippen LogP contribution is -2.26. The van der Waals surface area contributed by atoms with Crippen LogP contribution in [-0.2, 0) is 16.2 Å². The van der Waals surface area contributed by atoms with Crippen LogP contribution < -0.4 is 5.90 Å². The number of hydrogen-bond donors (Lipinski definition) is 1. The van der Waals surface area contributed by atoms with Crippen molar-refractivity contribution in [2.24, 2.45) is 5.90 Å². The molecule has 0 radical (unpaired) electrons. The Labute approximate surface area is 125 Å². The third-order valence-corrected chi connectivity index (χ3v) is 3.17. The molecule has 0 aliphatic heterocycles. The summed E-state index contributed by atoms with van der Waals surface area (Å²) in [7, 11) is 0. The molecule has 2 rings (SSSR count). The van der Waals surface area contributed by atoms with Crippen LogP contribution in [0.25, 0.3) is 10.9 Å². The van der Waals surface area contributed by atoms with E-state index < -0.39 is 11.7 Å². The summed E-state index contributed by atoms with van der Waals surface area (Å²) in [6.07, 6.45) is 1.27. The molecule has 0 bridgehead atoms. The molecule has 0 atom stereocenters. The molecule has 2 aromatic rings. The summed E-state index contributed by atoms with van der Waals surface area (Å²) in [6, 6.07) is 5.64. The van der Waals surface area contributed by atoms with E-state index in [1.165, 1.54) is 4.57 Å². The van der Waals surface area contributed by atoms with Gasteiger partial charge in [0.05, 0.1) is 12.1 Å². The zero-order valence-corrected chi connectivity index (χ0v) is 13.2. The van der Waals surface area contributed by atoms with E-state index in [4.69, 9.17) is 10.6 Å². The second-order valence-corrected chi connectivity index (χ2v) is 6.39. The number of fused-ring (bicyclic) bond motifs is 1. The van der Waals surface area contributed by atoms with Crippen LogP contribution in [-0.4, -0.2) is 16.3 Å². The van der Waals surface area contributed by atoms with Gasteiger partial charge in [-0.05, 0) is 39.0 Å². The molecule has 0 saturated heterocycles. The summed E-state index contributed by atoms with van der Waals surface area (Å²) in [5.41, 5.74) is 1.04. The fourth-order valence-corrected chi connectivity index (χ4v) is 2.30. The Morgan fingerprint density at radius 3 is 2.70 bits per heavy atom. The van der Waals surface area contributed by atoms with Gasteiger partial charge in [-0.25, -0.2) is 10.7 Å². The SMILES string of the molecule is CC(C)(C)OC(=O)n1cc(CON)c2cc(Br)ccc21. The first kappa shape index (κ1) is 15.0. The van der Waals surface area contributed by atoms with E-state index in [1.54, 1.807) is 6.20 Å². The maximum absolute atomic E-state index is 12.2. The molecular weight excluding hydrogens is 324 g/mol. The van der Waals surface area contributed by atoms with E-state index >= 15 is 0 Å². The van der Waals surface area contributed by atoms with Crippen molar-refractivity contribution < 1.29 is 14.4 Å². The predicted molar refractivity (Wildman–Crippen MR) is 80.2 cm³/mol. The van der Waals surface area contributed by atoms with Crippen molar-refractivity contribution in [3.63, 3.8) is 0 Å². The summed E-state index contributed by atoms with van der Waals surface area (Å²) in [6.45, 7) is 5.72. The smallest absolute Gasteiger partial charge is 0.419 e. The van der Waals surface area contributed by atoms with E-state index in [1.807, 2.05) is 39.0 Å². The highest BCUT2D eigenvalue weighted by Gasteiger charge is 2.20. The monoisotopic (exact) mass is 340 g/mol. The van der Waals surface area contributed by atoms with E-state index in [-0.39, 0.29) is 6.61 Å². The molecule has 20 heavy (non-hydrogen) atoms. The van der Waals surface area contributed by atoms with Gasteiger partial charge in [0.2, 0.25) is 0 Å². The number of nitrogens with two attached hydrogens (primary N) is 1. The summed E-state index contributed by atoms with van der Waals surface area (Å²) < 4.78 is 7.79. The number of carbonyl (C=O) groups excluding carboxylic acids is 1. The topological polar surface area (TPSA) is 66.5 Å². The number of ether oxygens (including phenoxy) is 1. The Balaban J connectivity index is 2.51. The maximum Gasteiger partial charge on any atom is 0.419 e. The Morgan fingerprint density at radius 2 is 2.10 bits per heavy atom. The second-order valence-electron chi connectivity index (χ2n) is 5.48. The predicted octanol–water partition coefficient (Wildman–Crippen LogP) is 3.58. The van der Waals surface area contributed by atoms with Crippen molar-refractivity contribution in [3.8, 4) is 0 Å². The highest BCUT2D eigenvalue weighted by Crippen LogP contribution is 2.26. The average Bonchev–Trinajstić information content (AvgIpc) is 2.66. The number of rotatable bonds is 2. The molecule has 5 nitrogen and oxygen atoms in total. The van der Waals surface area contributed by atoms with Crippen LogP contribution in [0.1, 0.15) is 26.3 Å². The summed E-state index contributed by atoms with van der Waals surface area (Å²) in [5.74, 6) is 5.14. The van der Waals surface area contributed by atoms with Crippen molar-refractivity contribution in [2.75, 3.05) is 0 Å². The molecule has 6 heteroatoms. The zero-order chi connectivity index (χ0) is 14.9. The van der Waals surface area contributed by atoms with Crippen LogP contribution >= 0.6 is 15.9 Å². The van der Waals surface area contributed by atoms with Gasteiger partial charge in [-0.15, -0.1) is 0 Å². The highest BCUT2D eigenvalue weighted by atomic mass is 79.9. The molecule has 1 aromatic heterocycles. The minimum Gasteiger partial charge on any atom is -0.443 e. The van der Waals surface area contributed by atoms with Gasteiger partial charge in [-0.2, -0.15) is 0 Å². The average molecular weight is 341 g/mol. The molecule has 1 aromatic carbocycles. The van der Waals surface area contributed by atoms with Crippen LogP contribution in [0, 0.1) is 0 Å². The Bertz CT molecular complexity index is 644. The number of hydrogen-bond acceptors (Lipinski definition) is 4. The number of halogens is 1. The van der Waals surface area contributed by atoms with Gasteiger partial charge in [0.1, 0.15) is 5.60 Å². The lowest BCUT2D eigenvalue weighted by Gasteiger charge is -2.19. The molecule has 0 saturated carbocycles. The maximum atomic E-state index is 12.2. The standard InChI is InChI=1S/C14H17BrN2O3/c1-14(2,3)20-13(18)17-7-9(8-19-16)11-6-10(15)4-5-12(11)17/h4-7H,8,16H2,1-3H3. The second kappa shape index (κ2) is 5.55. The van der Waals surface area contributed by atoms with Crippen molar-refractivity contribution >= 4 is 32.9 Å². The molecule has 0 unspecified atom stereocenters. The molecule has 0 spiro atoms. The van der Waals surface area contributed by atoms with Crippen LogP contribution in [0.2, 0.25) is 0 Å². The Kier molecular flexibility index (Phi) is 4.17. The lowest BCUT2D eigenvalue weighted by molar-refractivity contribution is 0.0543. The molecule has 108 valence electrons. The molecule has 0 aliphatic rings. The van der Waals surface area contributed by atoms with Gasteiger partial charge in [0, 0.05) is 21.6 Å².